The summed E-state index contributed by atoms with van der Waals surface area (Å²) in [6.45, 7) is 3.46. The Kier molecular flexibility index (Phi) is 2.20. The highest BCUT2D eigenvalue weighted by Crippen LogP contribution is 2.37. The third-order valence-corrected chi connectivity index (χ3v) is 4.20. The Morgan fingerprint density at radius 1 is 1.00 bits per heavy atom. The molecule has 3 rings (SSSR count). The van der Waals surface area contributed by atoms with Crippen LogP contribution in [0.3, 0.4) is 0 Å². The van der Waals surface area contributed by atoms with E-state index in [0.29, 0.717) is 10.1 Å². The second-order valence-electron chi connectivity index (χ2n) is 4.28. The van der Waals surface area contributed by atoms with E-state index in [4.69, 9.17) is 0 Å². The molecule has 1 aromatic heterocycles. The van der Waals surface area contributed by atoms with Crippen molar-refractivity contribution < 1.29 is 8.78 Å². The highest BCUT2D eigenvalue weighted by molar-refractivity contribution is 7.25. The monoisotopic (exact) mass is 248 g/mol. The van der Waals surface area contributed by atoms with Gasteiger partial charge in [0.2, 0.25) is 0 Å². The van der Waals surface area contributed by atoms with Gasteiger partial charge in [-0.05, 0) is 31.5 Å². The summed E-state index contributed by atoms with van der Waals surface area (Å²) in [7, 11) is 0. The molecule has 3 heteroatoms. The molecule has 0 saturated heterocycles. The molecule has 17 heavy (non-hydrogen) atoms. The maximum absolute atomic E-state index is 14.0. The van der Waals surface area contributed by atoms with Crippen molar-refractivity contribution >= 4 is 31.5 Å². The molecule has 0 atom stereocenters. The van der Waals surface area contributed by atoms with Crippen LogP contribution in [-0.4, -0.2) is 0 Å². The fourth-order valence-corrected chi connectivity index (χ4v) is 3.31. The third kappa shape index (κ3) is 1.46. The van der Waals surface area contributed by atoms with Gasteiger partial charge >= 0.3 is 0 Å². The topological polar surface area (TPSA) is 0 Å². The molecule has 0 nitrogen and oxygen atoms in total. The third-order valence-electron chi connectivity index (χ3n) is 3.04. The van der Waals surface area contributed by atoms with E-state index in [2.05, 4.69) is 0 Å². The highest BCUT2D eigenvalue weighted by Gasteiger charge is 2.14. The smallest absolute Gasteiger partial charge is 0.146 e. The predicted octanol–water partition coefficient (Wildman–Crippen LogP) is 4.95. The van der Waals surface area contributed by atoms with Gasteiger partial charge in [-0.3, -0.25) is 0 Å². The van der Waals surface area contributed by atoms with Gasteiger partial charge < -0.3 is 0 Å². The summed E-state index contributed by atoms with van der Waals surface area (Å²) in [6.07, 6.45) is 0. The van der Waals surface area contributed by atoms with Gasteiger partial charge in [0, 0.05) is 21.0 Å². The molecule has 0 saturated carbocycles. The van der Waals surface area contributed by atoms with Gasteiger partial charge in [0.05, 0.1) is 4.70 Å². The molecule has 0 amide bonds. The molecular formula is C14H10F2S. The normalized spacial score (nSPS) is 11.5. The van der Waals surface area contributed by atoms with Crippen molar-refractivity contribution in [3.63, 3.8) is 0 Å². The van der Waals surface area contributed by atoms with Gasteiger partial charge in [-0.2, -0.15) is 0 Å². The first kappa shape index (κ1) is 10.7. The fraction of sp³-hybridized carbons (Fsp3) is 0.143. The molecule has 1 heterocycles. The summed E-state index contributed by atoms with van der Waals surface area (Å²) >= 11 is 1.38. The van der Waals surface area contributed by atoms with Crippen LogP contribution < -0.4 is 0 Å². The number of hydrogen-bond donors (Lipinski definition) is 0. The van der Waals surface area contributed by atoms with E-state index in [1.165, 1.54) is 24.3 Å². The van der Waals surface area contributed by atoms with Crippen LogP contribution in [0.4, 0.5) is 8.78 Å². The van der Waals surface area contributed by atoms with E-state index in [1.807, 2.05) is 25.1 Å². The van der Waals surface area contributed by atoms with Crippen molar-refractivity contribution in [2.24, 2.45) is 0 Å². The van der Waals surface area contributed by atoms with Crippen LogP contribution in [-0.2, 0) is 0 Å². The van der Waals surface area contributed by atoms with Crippen LogP contribution in [0.25, 0.3) is 20.2 Å². The van der Waals surface area contributed by atoms with Gasteiger partial charge in [0.15, 0.2) is 0 Å². The molecule has 86 valence electrons. The highest BCUT2D eigenvalue weighted by atomic mass is 32.1. The summed E-state index contributed by atoms with van der Waals surface area (Å²) in [5.74, 6) is -0.908. The number of benzene rings is 2. The molecular weight excluding hydrogens is 238 g/mol. The van der Waals surface area contributed by atoms with Crippen LogP contribution in [0.2, 0.25) is 0 Å². The average molecular weight is 248 g/mol. The molecule has 0 fully saturated rings. The minimum absolute atomic E-state index is 0.0979. The van der Waals surface area contributed by atoms with Gasteiger partial charge in [0.25, 0.3) is 0 Å². The molecule has 0 N–H and O–H groups in total. The molecule has 0 bridgehead atoms. The molecule has 3 aromatic rings. The molecule has 0 spiro atoms. The Labute approximate surface area is 101 Å². The Balaban J connectivity index is 2.56. The predicted molar refractivity (Wildman–Crippen MR) is 68.7 cm³/mol. The largest absolute Gasteiger partial charge is 0.207 e. The van der Waals surface area contributed by atoms with Crippen molar-refractivity contribution in [1.29, 1.82) is 0 Å². The minimum atomic E-state index is -0.477. The summed E-state index contributed by atoms with van der Waals surface area (Å²) < 4.78 is 29.1. The molecule has 0 radical (unpaired) electrons. The lowest BCUT2D eigenvalue weighted by molar-refractivity contribution is 0.578. The second-order valence-corrected chi connectivity index (χ2v) is 5.33. The van der Waals surface area contributed by atoms with E-state index >= 15 is 0 Å². The lowest BCUT2D eigenvalue weighted by Crippen LogP contribution is -1.87. The number of aryl methyl sites for hydroxylation is 1. The number of thiophene rings is 1. The van der Waals surface area contributed by atoms with E-state index in [9.17, 15) is 8.78 Å². The van der Waals surface area contributed by atoms with Crippen LogP contribution >= 0.6 is 11.3 Å². The Morgan fingerprint density at radius 3 is 2.53 bits per heavy atom. The van der Waals surface area contributed by atoms with Crippen molar-refractivity contribution in [3.05, 3.63) is 47.0 Å². The van der Waals surface area contributed by atoms with E-state index in [-0.39, 0.29) is 5.56 Å². The molecule has 0 aliphatic carbocycles. The van der Waals surface area contributed by atoms with E-state index in [0.717, 1.165) is 15.6 Å². The quantitative estimate of drug-likeness (QED) is 0.528. The van der Waals surface area contributed by atoms with Crippen LogP contribution in [0, 0.1) is 25.5 Å². The van der Waals surface area contributed by atoms with Crippen molar-refractivity contribution in [2.75, 3.05) is 0 Å². The van der Waals surface area contributed by atoms with Crippen LogP contribution in [0.15, 0.2) is 24.3 Å². The molecule has 2 aromatic carbocycles. The zero-order valence-electron chi connectivity index (χ0n) is 9.47. The number of fused-ring (bicyclic) bond motifs is 3. The summed E-state index contributed by atoms with van der Waals surface area (Å²) in [6, 6.07) is 7.33. The van der Waals surface area contributed by atoms with Gasteiger partial charge in [0.1, 0.15) is 11.6 Å². The van der Waals surface area contributed by atoms with Crippen LogP contribution in [0.1, 0.15) is 11.1 Å². The van der Waals surface area contributed by atoms with Crippen LogP contribution in [0.5, 0.6) is 0 Å². The Hall–Kier alpha value is -1.48. The zero-order chi connectivity index (χ0) is 12.2. The lowest BCUT2D eigenvalue weighted by Gasteiger charge is -1.99. The molecule has 0 unspecified atom stereocenters. The SMILES string of the molecule is Cc1ccc2c(c1)sc1c(F)c(C)c(F)cc12. The first-order valence-electron chi connectivity index (χ1n) is 5.35. The van der Waals surface area contributed by atoms with E-state index < -0.39 is 11.6 Å². The van der Waals surface area contributed by atoms with Crippen molar-refractivity contribution in [2.45, 2.75) is 13.8 Å². The number of halogens is 2. The van der Waals surface area contributed by atoms with Gasteiger partial charge in [-0.25, -0.2) is 8.78 Å². The average Bonchev–Trinajstić information content (AvgIpc) is 2.64. The maximum atomic E-state index is 14.0. The molecule has 0 aliphatic heterocycles. The first-order chi connectivity index (χ1) is 8.08. The standard InChI is InChI=1S/C14H10F2S/c1-7-3-4-9-10-6-11(15)8(2)13(16)14(10)17-12(9)5-7/h3-6H,1-2H3. The first-order valence-corrected chi connectivity index (χ1v) is 6.17. The molecule has 0 aliphatic rings. The Morgan fingerprint density at radius 2 is 1.76 bits per heavy atom. The zero-order valence-corrected chi connectivity index (χ0v) is 10.3. The second kappa shape index (κ2) is 3.50. The Bertz CT molecular complexity index is 741. The minimum Gasteiger partial charge on any atom is -0.207 e. The summed E-state index contributed by atoms with van der Waals surface area (Å²) in [5.41, 5.74) is 1.22. The summed E-state index contributed by atoms with van der Waals surface area (Å²) in [4.78, 5) is 0. The van der Waals surface area contributed by atoms with Gasteiger partial charge in [-0.1, -0.05) is 12.1 Å². The summed E-state index contributed by atoms with van der Waals surface area (Å²) in [5, 5.41) is 1.60. The van der Waals surface area contributed by atoms with E-state index in [1.54, 1.807) is 0 Å². The van der Waals surface area contributed by atoms with Gasteiger partial charge in [-0.15, -0.1) is 11.3 Å². The lowest BCUT2D eigenvalue weighted by atomic mass is 10.1. The number of hydrogen-bond acceptors (Lipinski definition) is 1. The number of rotatable bonds is 0. The maximum Gasteiger partial charge on any atom is 0.146 e. The van der Waals surface area contributed by atoms with Crippen molar-refractivity contribution in [3.8, 4) is 0 Å². The fourth-order valence-electron chi connectivity index (χ4n) is 2.04. The van der Waals surface area contributed by atoms with Crippen molar-refractivity contribution in [1.82, 2.24) is 0 Å².